The monoisotopic (exact) mass is 336 g/mol. The number of amides is 1. The number of β-amino-alcohol motifs (C(OH)–C–C–N with tert-alkyl or cyclic N) is 1. The van der Waals surface area contributed by atoms with Crippen LogP contribution in [-0.2, 0) is 11.3 Å². The number of nitrogens with zero attached hydrogens (tertiary/aromatic N) is 1. The summed E-state index contributed by atoms with van der Waals surface area (Å²) in [6.07, 6.45) is 0.950. The third kappa shape index (κ3) is 3.10. The number of aromatic nitrogens is 1. The van der Waals surface area contributed by atoms with Crippen molar-refractivity contribution in [3.63, 3.8) is 0 Å². The van der Waals surface area contributed by atoms with Gasteiger partial charge in [0.15, 0.2) is 0 Å². The van der Waals surface area contributed by atoms with Crippen LogP contribution in [0.1, 0.15) is 17.0 Å². The van der Waals surface area contributed by atoms with Gasteiger partial charge in [0.2, 0.25) is 0 Å². The lowest BCUT2D eigenvalue weighted by atomic mass is 9.96. The lowest BCUT2D eigenvalue weighted by molar-refractivity contribution is 0.0970. The number of fused-ring (bicyclic) bond motifs is 1. The standard InChI is InChI=1S/C20H20N2O3/c23-19-12-22(20(24)25-13-14-6-2-1-3-7-14)11-17(19)16-10-21-18-9-5-4-8-15(16)18/h1-10,17,19,21,23H,11-13H2/t17-,19-/m0/s1. The van der Waals surface area contributed by atoms with Crippen LogP contribution in [-0.4, -0.2) is 40.3 Å². The highest BCUT2D eigenvalue weighted by Crippen LogP contribution is 2.33. The number of hydrogen-bond acceptors (Lipinski definition) is 3. The second-order valence-electron chi connectivity index (χ2n) is 6.41. The van der Waals surface area contributed by atoms with Gasteiger partial charge in [-0.1, -0.05) is 48.5 Å². The number of aliphatic hydroxyl groups is 1. The summed E-state index contributed by atoms with van der Waals surface area (Å²) in [5.74, 6) is -0.111. The van der Waals surface area contributed by atoms with Gasteiger partial charge in [-0.2, -0.15) is 0 Å². The van der Waals surface area contributed by atoms with E-state index in [0.29, 0.717) is 6.54 Å². The molecule has 2 aromatic carbocycles. The average molecular weight is 336 g/mol. The Morgan fingerprint density at radius 1 is 1.12 bits per heavy atom. The molecular formula is C20H20N2O3. The lowest BCUT2D eigenvalue weighted by Gasteiger charge is -2.16. The first-order valence-corrected chi connectivity index (χ1v) is 8.42. The van der Waals surface area contributed by atoms with E-state index in [9.17, 15) is 9.90 Å². The molecule has 1 amide bonds. The molecule has 5 heteroatoms. The lowest BCUT2D eigenvalue weighted by Crippen LogP contribution is -2.30. The Morgan fingerprint density at radius 2 is 1.88 bits per heavy atom. The van der Waals surface area contributed by atoms with Gasteiger partial charge in [-0.05, 0) is 17.2 Å². The Kier molecular flexibility index (Phi) is 4.15. The van der Waals surface area contributed by atoms with Crippen molar-refractivity contribution >= 4 is 17.0 Å². The summed E-state index contributed by atoms with van der Waals surface area (Å²) in [5.41, 5.74) is 3.03. The summed E-state index contributed by atoms with van der Waals surface area (Å²) in [4.78, 5) is 17.1. The van der Waals surface area contributed by atoms with Crippen LogP contribution in [0.25, 0.3) is 10.9 Å². The molecule has 2 N–H and O–H groups in total. The minimum absolute atomic E-state index is 0.111. The minimum atomic E-state index is -0.594. The predicted octanol–water partition coefficient (Wildman–Crippen LogP) is 3.26. The van der Waals surface area contributed by atoms with Crippen LogP contribution < -0.4 is 0 Å². The van der Waals surface area contributed by atoms with Gasteiger partial charge in [0.1, 0.15) is 6.61 Å². The number of carbonyl (C=O) groups excluding carboxylic acids is 1. The Hall–Kier alpha value is -2.79. The highest BCUT2D eigenvalue weighted by Gasteiger charge is 2.36. The van der Waals surface area contributed by atoms with Crippen molar-refractivity contribution in [3.8, 4) is 0 Å². The summed E-state index contributed by atoms with van der Waals surface area (Å²) in [7, 11) is 0. The normalized spacial score (nSPS) is 20.1. The molecule has 3 aromatic rings. The molecule has 0 radical (unpaired) electrons. The van der Waals surface area contributed by atoms with Crippen molar-refractivity contribution in [2.45, 2.75) is 18.6 Å². The van der Waals surface area contributed by atoms with Crippen LogP contribution in [0, 0.1) is 0 Å². The van der Waals surface area contributed by atoms with Crippen LogP contribution in [0.4, 0.5) is 4.79 Å². The first kappa shape index (κ1) is 15.7. The van der Waals surface area contributed by atoms with Gasteiger partial charge < -0.3 is 19.7 Å². The Bertz CT molecular complexity index is 875. The van der Waals surface area contributed by atoms with E-state index >= 15 is 0 Å². The maximum absolute atomic E-state index is 12.3. The minimum Gasteiger partial charge on any atom is -0.445 e. The maximum Gasteiger partial charge on any atom is 0.410 e. The zero-order valence-corrected chi connectivity index (χ0v) is 13.8. The molecular weight excluding hydrogens is 316 g/mol. The number of likely N-dealkylation sites (tertiary alicyclic amines) is 1. The van der Waals surface area contributed by atoms with Crippen molar-refractivity contribution in [1.82, 2.24) is 9.88 Å². The van der Waals surface area contributed by atoms with Crippen molar-refractivity contribution in [1.29, 1.82) is 0 Å². The van der Waals surface area contributed by atoms with E-state index in [1.807, 2.05) is 60.8 Å². The highest BCUT2D eigenvalue weighted by molar-refractivity contribution is 5.84. The molecule has 0 spiro atoms. The maximum atomic E-state index is 12.3. The van der Waals surface area contributed by atoms with Gasteiger partial charge in [0.25, 0.3) is 0 Å². The molecule has 0 aliphatic carbocycles. The van der Waals surface area contributed by atoms with Crippen molar-refractivity contribution in [2.75, 3.05) is 13.1 Å². The smallest absolute Gasteiger partial charge is 0.410 e. The third-order valence-corrected chi connectivity index (χ3v) is 4.77. The SMILES string of the molecule is O=C(OCc1ccccc1)N1C[C@H](O)[C@H](c2c[nH]c3ccccc23)C1. The van der Waals surface area contributed by atoms with E-state index in [1.54, 1.807) is 4.90 Å². The number of aliphatic hydroxyl groups excluding tert-OH is 1. The van der Waals surface area contributed by atoms with Crippen LogP contribution >= 0.6 is 0 Å². The number of benzene rings is 2. The molecule has 1 aliphatic rings. The largest absolute Gasteiger partial charge is 0.445 e. The topological polar surface area (TPSA) is 65.6 Å². The first-order chi connectivity index (χ1) is 12.2. The van der Waals surface area contributed by atoms with Gasteiger partial charge >= 0.3 is 6.09 Å². The van der Waals surface area contributed by atoms with Gasteiger partial charge in [-0.3, -0.25) is 0 Å². The summed E-state index contributed by atoms with van der Waals surface area (Å²) in [6, 6.07) is 17.6. The number of aromatic amines is 1. The van der Waals surface area contributed by atoms with E-state index < -0.39 is 6.10 Å². The molecule has 0 bridgehead atoms. The molecule has 4 rings (SSSR count). The molecule has 0 saturated carbocycles. The second-order valence-corrected chi connectivity index (χ2v) is 6.41. The number of para-hydroxylation sites is 1. The van der Waals surface area contributed by atoms with E-state index in [2.05, 4.69) is 4.98 Å². The first-order valence-electron chi connectivity index (χ1n) is 8.42. The predicted molar refractivity (Wildman–Crippen MR) is 95.2 cm³/mol. The fourth-order valence-electron chi connectivity index (χ4n) is 3.45. The zero-order chi connectivity index (χ0) is 17.2. The van der Waals surface area contributed by atoms with E-state index in [-0.39, 0.29) is 25.2 Å². The summed E-state index contributed by atoms with van der Waals surface area (Å²) in [6.45, 7) is 0.985. The molecule has 1 aliphatic heterocycles. The molecule has 25 heavy (non-hydrogen) atoms. The number of rotatable bonds is 3. The number of carbonyl (C=O) groups is 1. The highest BCUT2D eigenvalue weighted by atomic mass is 16.6. The van der Waals surface area contributed by atoms with Gasteiger partial charge in [-0.25, -0.2) is 4.79 Å². The summed E-state index contributed by atoms with van der Waals surface area (Å²) >= 11 is 0. The third-order valence-electron chi connectivity index (χ3n) is 4.77. The zero-order valence-electron chi connectivity index (χ0n) is 13.8. The van der Waals surface area contributed by atoms with Crippen LogP contribution in [0.3, 0.4) is 0 Å². The van der Waals surface area contributed by atoms with Crippen LogP contribution in [0.2, 0.25) is 0 Å². The number of nitrogens with one attached hydrogen (secondary N) is 1. The number of H-pyrrole nitrogens is 1. The molecule has 2 heterocycles. The molecule has 1 aromatic heterocycles. The van der Waals surface area contributed by atoms with E-state index in [4.69, 9.17) is 4.74 Å². The fraction of sp³-hybridized carbons (Fsp3) is 0.250. The van der Waals surface area contributed by atoms with Crippen LogP contribution in [0.5, 0.6) is 0 Å². The average Bonchev–Trinajstić information content (AvgIpc) is 3.24. The van der Waals surface area contributed by atoms with Crippen molar-refractivity contribution < 1.29 is 14.6 Å². The molecule has 5 nitrogen and oxygen atoms in total. The molecule has 2 atom stereocenters. The summed E-state index contributed by atoms with van der Waals surface area (Å²) in [5, 5.41) is 11.6. The van der Waals surface area contributed by atoms with Crippen molar-refractivity contribution in [3.05, 3.63) is 71.9 Å². The van der Waals surface area contributed by atoms with E-state index in [0.717, 1.165) is 22.0 Å². The molecule has 1 saturated heterocycles. The fourth-order valence-corrected chi connectivity index (χ4v) is 3.45. The molecule has 1 fully saturated rings. The molecule has 0 unspecified atom stereocenters. The Balaban J connectivity index is 1.45. The second kappa shape index (κ2) is 6.61. The Morgan fingerprint density at radius 3 is 2.72 bits per heavy atom. The van der Waals surface area contributed by atoms with Gasteiger partial charge in [0.05, 0.1) is 12.6 Å². The van der Waals surface area contributed by atoms with E-state index in [1.165, 1.54) is 0 Å². The summed E-state index contributed by atoms with van der Waals surface area (Å²) < 4.78 is 5.38. The number of ether oxygens (including phenoxy) is 1. The van der Waals surface area contributed by atoms with Crippen LogP contribution in [0.15, 0.2) is 60.8 Å². The van der Waals surface area contributed by atoms with Crippen molar-refractivity contribution in [2.24, 2.45) is 0 Å². The Labute approximate surface area is 145 Å². The quantitative estimate of drug-likeness (QED) is 0.771. The van der Waals surface area contributed by atoms with Gasteiger partial charge in [0, 0.05) is 29.6 Å². The molecule has 128 valence electrons. The number of hydrogen-bond donors (Lipinski definition) is 2. The van der Waals surface area contributed by atoms with Gasteiger partial charge in [-0.15, -0.1) is 0 Å².